The highest BCUT2D eigenvalue weighted by atomic mass is 16.7. The van der Waals surface area contributed by atoms with E-state index in [1.165, 1.54) is 0 Å². The molecule has 0 aromatic carbocycles. The summed E-state index contributed by atoms with van der Waals surface area (Å²) < 4.78 is 11.4. The molecule has 1 aliphatic heterocycles. The first-order valence-corrected chi connectivity index (χ1v) is 5.74. The molecule has 0 atom stereocenters. The number of rotatable bonds is 0. The fourth-order valence-corrected chi connectivity index (χ4v) is 3.19. The van der Waals surface area contributed by atoms with E-state index >= 15 is 0 Å². The molecule has 1 heterocycles. The van der Waals surface area contributed by atoms with Crippen LogP contribution in [0, 0.1) is 5.41 Å². The molecule has 0 aromatic rings. The van der Waals surface area contributed by atoms with Gasteiger partial charge in [0.1, 0.15) is 0 Å². The van der Waals surface area contributed by atoms with Gasteiger partial charge in [-0.15, -0.1) is 0 Å². The minimum absolute atomic E-state index is 0.253. The van der Waals surface area contributed by atoms with E-state index in [1.807, 2.05) is 0 Å². The van der Waals surface area contributed by atoms with Crippen molar-refractivity contribution in [3.05, 3.63) is 0 Å². The summed E-state index contributed by atoms with van der Waals surface area (Å²) in [5.74, 6) is -0.253. The van der Waals surface area contributed by atoms with E-state index in [0.717, 1.165) is 57.5 Å². The first kappa shape index (κ1) is 9.60. The van der Waals surface area contributed by atoms with Crippen molar-refractivity contribution in [1.29, 1.82) is 0 Å². The van der Waals surface area contributed by atoms with Crippen molar-refractivity contribution in [2.45, 2.75) is 44.3 Å². The van der Waals surface area contributed by atoms with Gasteiger partial charge in [0.25, 0.3) is 0 Å². The number of hydrogen-bond donors (Lipinski definition) is 1. The van der Waals surface area contributed by atoms with Gasteiger partial charge in [-0.25, -0.2) is 0 Å². The van der Waals surface area contributed by atoms with Crippen LogP contribution in [0.1, 0.15) is 38.5 Å². The Kier molecular flexibility index (Phi) is 2.04. The van der Waals surface area contributed by atoms with Gasteiger partial charge >= 0.3 is 0 Å². The van der Waals surface area contributed by atoms with E-state index in [4.69, 9.17) is 14.7 Å². The molecule has 0 unspecified atom stereocenters. The Balaban J connectivity index is 1.62. The summed E-state index contributed by atoms with van der Waals surface area (Å²) in [5.41, 5.74) is 1.36. The number of nitrogens with zero attached hydrogens (tertiary/aromatic N) is 1. The zero-order valence-electron chi connectivity index (χ0n) is 8.87. The van der Waals surface area contributed by atoms with Gasteiger partial charge in [-0.1, -0.05) is 5.16 Å². The lowest BCUT2D eigenvalue weighted by molar-refractivity contribution is -0.192. The molecular formula is C11H17NO3. The first-order chi connectivity index (χ1) is 7.26. The molecule has 3 rings (SSSR count). The maximum Gasteiger partial charge on any atom is 0.168 e. The van der Waals surface area contributed by atoms with Crippen LogP contribution >= 0.6 is 0 Å². The van der Waals surface area contributed by atoms with E-state index in [0.29, 0.717) is 5.41 Å². The summed E-state index contributed by atoms with van der Waals surface area (Å²) >= 11 is 0. The van der Waals surface area contributed by atoms with Crippen molar-refractivity contribution < 1.29 is 14.7 Å². The van der Waals surface area contributed by atoms with Crippen LogP contribution in [-0.2, 0) is 9.47 Å². The van der Waals surface area contributed by atoms with Crippen LogP contribution in [0.2, 0.25) is 0 Å². The zero-order chi connectivity index (χ0) is 10.4. The standard InChI is InChI=1S/C11H17NO3/c13-12-9-7-10(8-9)1-3-11(4-2-10)14-5-6-15-11/h13H,1-8H2. The average molecular weight is 211 g/mol. The summed E-state index contributed by atoms with van der Waals surface area (Å²) in [6, 6.07) is 0. The number of ether oxygens (including phenoxy) is 2. The summed E-state index contributed by atoms with van der Waals surface area (Å²) in [4.78, 5) is 0. The van der Waals surface area contributed by atoms with Crippen molar-refractivity contribution in [2.75, 3.05) is 13.2 Å². The molecule has 0 radical (unpaired) electrons. The second-order valence-corrected chi connectivity index (χ2v) is 5.13. The van der Waals surface area contributed by atoms with Crippen LogP contribution in [-0.4, -0.2) is 29.9 Å². The molecule has 0 bridgehead atoms. The van der Waals surface area contributed by atoms with E-state index in [1.54, 1.807) is 0 Å². The van der Waals surface area contributed by atoms with Crippen LogP contribution in [0.4, 0.5) is 0 Å². The van der Waals surface area contributed by atoms with E-state index in [9.17, 15) is 0 Å². The van der Waals surface area contributed by atoms with Crippen LogP contribution < -0.4 is 0 Å². The van der Waals surface area contributed by atoms with Crippen LogP contribution in [0.25, 0.3) is 0 Å². The highest BCUT2D eigenvalue weighted by Gasteiger charge is 2.50. The van der Waals surface area contributed by atoms with Crippen molar-refractivity contribution >= 4 is 5.71 Å². The highest BCUT2D eigenvalue weighted by Crippen LogP contribution is 2.53. The Morgan fingerprint density at radius 2 is 1.60 bits per heavy atom. The third kappa shape index (κ3) is 1.47. The lowest BCUT2D eigenvalue weighted by atomic mass is 9.59. The molecule has 4 nitrogen and oxygen atoms in total. The van der Waals surface area contributed by atoms with Crippen molar-refractivity contribution in [3.63, 3.8) is 0 Å². The summed E-state index contributed by atoms with van der Waals surface area (Å²) in [7, 11) is 0. The highest BCUT2D eigenvalue weighted by molar-refractivity contribution is 5.91. The molecule has 1 saturated heterocycles. The minimum Gasteiger partial charge on any atom is -0.411 e. The predicted molar refractivity (Wildman–Crippen MR) is 54.0 cm³/mol. The number of hydrogen-bond acceptors (Lipinski definition) is 4. The lowest BCUT2D eigenvalue weighted by Crippen LogP contribution is -2.46. The molecule has 1 N–H and O–H groups in total. The Morgan fingerprint density at radius 1 is 1.00 bits per heavy atom. The smallest absolute Gasteiger partial charge is 0.168 e. The van der Waals surface area contributed by atoms with Gasteiger partial charge < -0.3 is 14.7 Å². The maximum absolute atomic E-state index is 8.64. The van der Waals surface area contributed by atoms with Gasteiger partial charge in [0.2, 0.25) is 0 Å². The van der Waals surface area contributed by atoms with Crippen molar-refractivity contribution in [1.82, 2.24) is 0 Å². The van der Waals surface area contributed by atoms with E-state index < -0.39 is 0 Å². The Morgan fingerprint density at radius 3 is 2.13 bits per heavy atom. The SMILES string of the molecule is ON=C1CC2(CCC3(CC2)OCCO3)C1. The van der Waals surface area contributed by atoms with Gasteiger partial charge in [-0.3, -0.25) is 0 Å². The van der Waals surface area contributed by atoms with E-state index in [2.05, 4.69) is 5.16 Å². The second-order valence-electron chi connectivity index (χ2n) is 5.13. The summed E-state index contributed by atoms with van der Waals surface area (Å²) in [6.45, 7) is 1.49. The Bertz CT molecular complexity index is 274. The monoisotopic (exact) mass is 211 g/mol. The third-order valence-corrected chi connectivity index (χ3v) is 4.19. The molecule has 0 amide bonds. The van der Waals surface area contributed by atoms with Crippen molar-refractivity contribution in [2.24, 2.45) is 10.6 Å². The molecule has 3 fully saturated rings. The molecule has 2 aliphatic carbocycles. The lowest BCUT2D eigenvalue weighted by Gasteiger charge is -2.49. The van der Waals surface area contributed by atoms with Crippen LogP contribution in [0.3, 0.4) is 0 Å². The maximum atomic E-state index is 8.64. The van der Waals surface area contributed by atoms with Gasteiger partial charge in [0, 0.05) is 12.8 Å². The summed E-state index contributed by atoms with van der Waals surface area (Å²) in [6.07, 6.45) is 6.24. The molecule has 4 heteroatoms. The van der Waals surface area contributed by atoms with Gasteiger partial charge in [0.05, 0.1) is 18.9 Å². The topological polar surface area (TPSA) is 51.1 Å². The second kappa shape index (κ2) is 3.19. The van der Waals surface area contributed by atoms with Gasteiger partial charge in [-0.05, 0) is 31.1 Å². The Labute approximate surface area is 89.2 Å². The van der Waals surface area contributed by atoms with Gasteiger partial charge in [-0.2, -0.15) is 0 Å². The fraction of sp³-hybridized carbons (Fsp3) is 0.909. The molecule has 2 spiro atoms. The molecular weight excluding hydrogens is 194 g/mol. The van der Waals surface area contributed by atoms with Crippen LogP contribution in [0.15, 0.2) is 5.16 Å². The molecule has 2 saturated carbocycles. The molecule has 0 aromatic heterocycles. The largest absolute Gasteiger partial charge is 0.411 e. The number of oxime groups is 1. The van der Waals surface area contributed by atoms with Crippen molar-refractivity contribution in [3.8, 4) is 0 Å². The normalized spacial score (nSPS) is 31.9. The molecule has 3 aliphatic rings. The molecule has 15 heavy (non-hydrogen) atoms. The Hall–Kier alpha value is -0.610. The predicted octanol–water partition coefficient (Wildman–Crippen LogP) is 1.91. The first-order valence-electron chi connectivity index (χ1n) is 5.74. The zero-order valence-corrected chi connectivity index (χ0v) is 8.87. The quantitative estimate of drug-likeness (QED) is 0.492. The van der Waals surface area contributed by atoms with Gasteiger partial charge in [0.15, 0.2) is 5.79 Å². The average Bonchev–Trinajstić information content (AvgIpc) is 2.65. The third-order valence-electron chi connectivity index (χ3n) is 4.19. The van der Waals surface area contributed by atoms with Crippen LogP contribution in [0.5, 0.6) is 0 Å². The fourth-order valence-electron chi connectivity index (χ4n) is 3.19. The summed E-state index contributed by atoms with van der Waals surface area (Å²) in [5, 5.41) is 11.9. The minimum atomic E-state index is -0.253. The van der Waals surface area contributed by atoms with E-state index in [-0.39, 0.29) is 5.79 Å². The molecule has 84 valence electrons.